The molecule has 6 heteroatoms. The van der Waals surface area contributed by atoms with Crippen LogP contribution in [-0.4, -0.2) is 35.4 Å². The average Bonchev–Trinajstić information content (AvgIpc) is 2.72. The van der Waals surface area contributed by atoms with Crippen molar-refractivity contribution in [2.24, 2.45) is 0 Å². The molecule has 0 saturated heterocycles. The van der Waals surface area contributed by atoms with Gasteiger partial charge in [-0.3, -0.25) is 9.59 Å². The Morgan fingerprint density at radius 3 is 2.45 bits per heavy atom. The lowest BCUT2D eigenvalue weighted by Gasteiger charge is -2.29. The smallest absolute Gasteiger partial charge is 0.261 e. The maximum atomic E-state index is 13.0. The highest BCUT2D eigenvalue weighted by atomic mass is 35.5. The number of hydrogen-bond donors (Lipinski definition) is 1. The molecule has 0 bridgehead atoms. The second kappa shape index (κ2) is 10.9. The minimum Gasteiger partial charge on any atom is -0.484 e. The van der Waals surface area contributed by atoms with Gasteiger partial charge >= 0.3 is 0 Å². The van der Waals surface area contributed by atoms with Gasteiger partial charge in [0.05, 0.1) is 0 Å². The van der Waals surface area contributed by atoms with Gasteiger partial charge in [-0.15, -0.1) is 0 Å². The first kappa shape index (κ1) is 22.8. The number of halogens is 1. The van der Waals surface area contributed by atoms with Crippen molar-refractivity contribution in [3.8, 4) is 5.75 Å². The zero-order valence-corrected chi connectivity index (χ0v) is 18.2. The van der Waals surface area contributed by atoms with E-state index in [0.29, 0.717) is 17.3 Å². The molecule has 2 rings (SSSR count). The molecule has 2 atom stereocenters. The normalized spacial score (nSPS) is 12.7. The quantitative estimate of drug-likeness (QED) is 0.660. The summed E-state index contributed by atoms with van der Waals surface area (Å²) in [6.45, 7) is 7.74. The highest BCUT2D eigenvalue weighted by Gasteiger charge is 2.27. The maximum absolute atomic E-state index is 13.0. The summed E-state index contributed by atoms with van der Waals surface area (Å²) in [7, 11) is 0. The molecule has 0 spiro atoms. The van der Waals surface area contributed by atoms with Crippen molar-refractivity contribution in [1.29, 1.82) is 0 Å². The van der Waals surface area contributed by atoms with Crippen molar-refractivity contribution in [2.45, 2.75) is 52.7 Å². The topological polar surface area (TPSA) is 58.6 Å². The van der Waals surface area contributed by atoms with Gasteiger partial charge in [0, 0.05) is 17.6 Å². The van der Waals surface area contributed by atoms with Gasteiger partial charge in [0.1, 0.15) is 11.8 Å². The summed E-state index contributed by atoms with van der Waals surface area (Å²) in [4.78, 5) is 27.2. The molecule has 5 nitrogen and oxygen atoms in total. The molecule has 0 fully saturated rings. The van der Waals surface area contributed by atoms with Crippen molar-refractivity contribution < 1.29 is 14.3 Å². The lowest BCUT2D eigenvalue weighted by atomic mass is 10.1. The molecule has 156 valence electrons. The van der Waals surface area contributed by atoms with E-state index >= 15 is 0 Å². The zero-order chi connectivity index (χ0) is 21.4. The van der Waals surface area contributed by atoms with Gasteiger partial charge < -0.3 is 15.0 Å². The molecule has 2 aromatic rings. The molecule has 0 saturated carbocycles. The Morgan fingerprint density at radius 1 is 1.14 bits per heavy atom. The zero-order valence-electron chi connectivity index (χ0n) is 17.4. The van der Waals surface area contributed by atoms with Crippen LogP contribution in [-0.2, 0) is 16.1 Å². The third-order valence-electron chi connectivity index (χ3n) is 4.86. The van der Waals surface area contributed by atoms with Crippen LogP contribution in [0.4, 0.5) is 0 Å². The number of carbonyl (C=O) groups excluding carboxylic acids is 2. The van der Waals surface area contributed by atoms with Crippen LogP contribution in [0.25, 0.3) is 0 Å². The molecule has 0 aliphatic heterocycles. The summed E-state index contributed by atoms with van der Waals surface area (Å²) in [6, 6.07) is 14.3. The Morgan fingerprint density at radius 2 is 1.83 bits per heavy atom. The minimum atomic E-state index is -0.618. The lowest BCUT2D eigenvalue weighted by Crippen LogP contribution is -2.50. The van der Waals surface area contributed by atoms with Gasteiger partial charge in [-0.2, -0.15) is 0 Å². The van der Waals surface area contributed by atoms with E-state index < -0.39 is 6.04 Å². The van der Waals surface area contributed by atoms with E-state index in [-0.39, 0.29) is 24.5 Å². The van der Waals surface area contributed by atoms with Crippen molar-refractivity contribution in [1.82, 2.24) is 10.2 Å². The molecule has 0 radical (unpaired) electrons. The first-order valence-electron chi connectivity index (χ1n) is 9.84. The van der Waals surface area contributed by atoms with Crippen LogP contribution in [0.5, 0.6) is 5.75 Å². The van der Waals surface area contributed by atoms with Gasteiger partial charge in [0.15, 0.2) is 6.61 Å². The van der Waals surface area contributed by atoms with Crippen molar-refractivity contribution in [2.75, 3.05) is 6.61 Å². The number of ether oxygens (including phenoxy) is 1. The molecule has 0 aromatic heterocycles. The molecule has 2 unspecified atom stereocenters. The first-order valence-corrected chi connectivity index (χ1v) is 10.2. The molecule has 29 heavy (non-hydrogen) atoms. The van der Waals surface area contributed by atoms with E-state index in [1.807, 2.05) is 51.1 Å². The van der Waals surface area contributed by atoms with Gasteiger partial charge in [-0.05, 0) is 56.5 Å². The number of aryl methyl sites for hydroxylation is 1. The van der Waals surface area contributed by atoms with E-state index in [4.69, 9.17) is 16.3 Å². The van der Waals surface area contributed by atoms with Gasteiger partial charge in [-0.25, -0.2) is 0 Å². The number of amides is 2. The van der Waals surface area contributed by atoms with Crippen LogP contribution < -0.4 is 10.1 Å². The molecule has 2 aromatic carbocycles. The highest BCUT2D eigenvalue weighted by molar-refractivity contribution is 6.31. The lowest BCUT2D eigenvalue weighted by molar-refractivity contribution is -0.142. The predicted molar refractivity (Wildman–Crippen MR) is 116 cm³/mol. The SMILES string of the molecule is CCC(C)NC(=O)C(C)N(Cc1ccccc1)C(=O)COc1ccc(Cl)c(C)c1. The largest absolute Gasteiger partial charge is 0.484 e. The fraction of sp³-hybridized carbons (Fsp3) is 0.391. The van der Waals surface area contributed by atoms with Crippen LogP contribution in [0.3, 0.4) is 0 Å². The first-order chi connectivity index (χ1) is 13.8. The molecular formula is C23H29ClN2O3. The van der Waals surface area contributed by atoms with E-state index in [1.54, 1.807) is 30.0 Å². The fourth-order valence-corrected chi connectivity index (χ4v) is 2.88. The molecule has 1 N–H and O–H groups in total. The Balaban J connectivity index is 2.12. The second-order valence-corrected chi connectivity index (χ2v) is 7.61. The van der Waals surface area contributed by atoms with Crippen molar-refractivity contribution in [3.05, 3.63) is 64.7 Å². The highest BCUT2D eigenvalue weighted by Crippen LogP contribution is 2.21. The van der Waals surface area contributed by atoms with Crippen LogP contribution >= 0.6 is 11.6 Å². The van der Waals surface area contributed by atoms with Crippen molar-refractivity contribution >= 4 is 23.4 Å². The summed E-state index contributed by atoms with van der Waals surface area (Å²) in [5.74, 6) is 0.135. The molecule has 2 amide bonds. The van der Waals surface area contributed by atoms with E-state index in [1.165, 1.54) is 0 Å². The maximum Gasteiger partial charge on any atom is 0.261 e. The summed E-state index contributed by atoms with van der Waals surface area (Å²) in [6.07, 6.45) is 0.824. The van der Waals surface area contributed by atoms with E-state index in [2.05, 4.69) is 5.32 Å². The summed E-state index contributed by atoms with van der Waals surface area (Å²) in [5.41, 5.74) is 1.82. The second-order valence-electron chi connectivity index (χ2n) is 7.20. The minimum absolute atomic E-state index is 0.0481. The molecular weight excluding hydrogens is 388 g/mol. The van der Waals surface area contributed by atoms with E-state index in [9.17, 15) is 9.59 Å². The van der Waals surface area contributed by atoms with Crippen molar-refractivity contribution in [3.63, 3.8) is 0 Å². The number of benzene rings is 2. The van der Waals surface area contributed by atoms with Crippen LogP contribution in [0.1, 0.15) is 38.3 Å². The molecule has 0 aliphatic carbocycles. The predicted octanol–water partition coefficient (Wildman–Crippen LogP) is 4.36. The Hall–Kier alpha value is -2.53. The average molecular weight is 417 g/mol. The Kier molecular flexibility index (Phi) is 8.52. The van der Waals surface area contributed by atoms with Gasteiger partial charge in [0.25, 0.3) is 5.91 Å². The van der Waals surface area contributed by atoms with Crippen LogP contribution in [0, 0.1) is 6.92 Å². The van der Waals surface area contributed by atoms with Crippen LogP contribution in [0.15, 0.2) is 48.5 Å². The Bertz CT molecular complexity index is 826. The third kappa shape index (κ3) is 6.79. The Labute approximate surface area is 178 Å². The van der Waals surface area contributed by atoms with Gasteiger partial charge in [0.2, 0.25) is 5.91 Å². The monoisotopic (exact) mass is 416 g/mol. The summed E-state index contributed by atoms with van der Waals surface area (Å²) >= 11 is 6.04. The third-order valence-corrected chi connectivity index (χ3v) is 5.28. The van der Waals surface area contributed by atoms with E-state index in [0.717, 1.165) is 17.5 Å². The number of nitrogens with zero attached hydrogens (tertiary/aromatic N) is 1. The van der Waals surface area contributed by atoms with Crippen LogP contribution in [0.2, 0.25) is 5.02 Å². The summed E-state index contributed by atoms with van der Waals surface area (Å²) < 4.78 is 5.67. The molecule has 0 aliphatic rings. The fourth-order valence-electron chi connectivity index (χ4n) is 2.76. The number of carbonyl (C=O) groups is 2. The standard InChI is InChI=1S/C23H29ClN2O3/c1-5-17(3)25-23(28)18(4)26(14-19-9-7-6-8-10-19)22(27)15-29-20-11-12-21(24)16(2)13-20/h6-13,17-18H,5,14-15H2,1-4H3,(H,25,28). The summed E-state index contributed by atoms with van der Waals surface area (Å²) in [5, 5.41) is 3.59. The number of rotatable bonds is 9. The number of hydrogen-bond acceptors (Lipinski definition) is 3. The molecule has 0 heterocycles. The van der Waals surface area contributed by atoms with Gasteiger partial charge in [-0.1, -0.05) is 48.9 Å². The number of nitrogens with one attached hydrogen (secondary N) is 1.